The van der Waals surface area contributed by atoms with Gasteiger partial charge in [-0.15, -0.1) is 0 Å². The lowest BCUT2D eigenvalue weighted by molar-refractivity contribution is 0.0894. The molecular weight excluding hydrogens is 208 g/mol. The van der Waals surface area contributed by atoms with Gasteiger partial charge in [-0.25, -0.2) is 4.79 Å². The molecule has 2 rings (SSSR count). The fraction of sp³-hybridized carbons (Fsp3) is 0.455. The van der Waals surface area contributed by atoms with Gasteiger partial charge in [0.2, 0.25) is 0 Å². The Morgan fingerprint density at radius 3 is 2.56 bits per heavy atom. The van der Waals surface area contributed by atoms with E-state index in [1.54, 1.807) is 12.4 Å². The summed E-state index contributed by atoms with van der Waals surface area (Å²) in [7, 11) is 0. The van der Waals surface area contributed by atoms with Crippen molar-refractivity contribution in [2.24, 2.45) is 0 Å². The Kier molecular flexibility index (Phi) is 3.24. The number of carbonyl (C=O) groups is 1. The van der Waals surface area contributed by atoms with E-state index in [1.165, 1.54) is 4.90 Å². The number of nitrogens with zero attached hydrogens (tertiary/aromatic N) is 2. The van der Waals surface area contributed by atoms with E-state index in [-0.39, 0.29) is 6.10 Å². The van der Waals surface area contributed by atoms with Crippen molar-refractivity contribution in [1.29, 1.82) is 0 Å². The second kappa shape index (κ2) is 4.83. The third kappa shape index (κ3) is 2.62. The highest BCUT2D eigenvalue weighted by Crippen LogP contribution is 2.17. The van der Waals surface area contributed by atoms with Crippen molar-refractivity contribution in [3.05, 3.63) is 24.5 Å². The molecule has 5 heteroatoms. The minimum Gasteiger partial charge on any atom is -0.490 e. The van der Waals surface area contributed by atoms with Crippen LogP contribution >= 0.6 is 0 Å². The summed E-state index contributed by atoms with van der Waals surface area (Å²) in [4.78, 5) is 16.0. The first kappa shape index (κ1) is 10.7. The molecule has 1 aromatic heterocycles. The number of ether oxygens (including phenoxy) is 1. The maximum atomic E-state index is 10.7. The van der Waals surface area contributed by atoms with Crippen LogP contribution in [0.15, 0.2) is 24.5 Å². The van der Waals surface area contributed by atoms with E-state index >= 15 is 0 Å². The van der Waals surface area contributed by atoms with E-state index < -0.39 is 6.09 Å². The van der Waals surface area contributed by atoms with Gasteiger partial charge in [0.1, 0.15) is 11.9 Å². The van der Waals surface area contributed by atoms with E-state index in [0.717, 1.165) is 18.6 Å². The highest BCUT2D eigenvalue weighted by atomic mass is 16.5. The predicted octanol–water partition coefficient (Wildman–Crippen LogP) is 1.60. The van der Waals surface area contributed by atoms with Crippen molar-refractivity contribution in [3.8, 4) is 5.75 Å². The van der Waals surface area contributed by atoms with Crippen LogP contribution in [0, 0.1) is 0 Å². The third-order valence-corrected chi connectivity index (χ3v) is 2.66. The third-order valence-electron chi connectivity index (χ3n) is 2.66. The van der Waals surface area contributed by atoms with Gasteiger partial charge in [0.05, 0.1) is 0 Å². The first-order valence-electron chi connectivity index (χ1n) is 5.30. The first-order valence-corrected chi connectivity index (χ1v) is 5.30. The van der Waals surface area contributed by atoms with Gasteiger partial charge >= 0.3 is 6.09 Å². The standard InChI is InChI=1S/C11H14N2O3/c14-11(15)13-7-3-10(4-8-13)16-9-1-5-12-6-2-9/h1-2,5-6,10H,3-4,7-8H2,(H,14,15). The predicted molar refractivity (Wildman–Crippen MR) is 57.5 cm³/mol. The molecule has 16 heavy (non-hydrogen) atoms. The average Bonchev–Trinajstić information content (AvgIpc) is 2.31. The number of aromatic nitrogens is 1. The van der Waals surface area contributed by atoms with Crippen LogP contribution in [-0.4, -0.2) is 40.3 Å². The van der Waals surface area contributed by atoms with Crippen molar-refractivity contribution in [1.82, 2.24) is 9.88 Å². The lowest BCUT2D eigenvalue weighted by atomic mass is 10.1. The highest BCUT2D eigenvalue weighted by Gasteiger charge is 2.23. The molecule has 2 heterocycles. The largest absolute Gasteiger partial charge is 0.490 e. The average molecular weight is 222 g/mol. The zero-order valence-corrected chi connectivity index (χ0v) is 8.87. The van der Waals surface area contributed by atoms with E-state index in [4.69, 9.17) is 9.84 Å². The molecule has 5 nitrogen and oxygen atoms in total. The number of piperidine rings is 1. The summed E-state index contributed by atoms with van der Waals surface area (Å²) in [6.07, 6.45) is 4.12. The van der Waals surface area contributed by atoms with Gasteiger partial charge in [-0.2, -0.15) is 0 Å². The molecule has 0 spiro atoms. The van der Waals surface area contributed by atoms with Crippen LogP contribution in [0.4, 0.5) is 4.79 Å². The number of carboxylic acid groups (broad SMARTS) is 1. The fourth-order valence-corrected chi connectivity index (χ4v) is 1.77. The molecule has 1 aromatic rings. The van der Waals surface area contributed by atoms with Gasteiger partial charge in [-0.05, 0) is 12.1 Å². The summed E-state index contributed by atoms with van der Waals surface area (Å²) >= 11 is 0. The molecule has 86 valence electrons. The molecule has 1 N–H and O–H groups in total. The summed E-state index contributed by atoms with van der Waals surface area (Å²) in [5, 5.41) is 8.79. The van der Waals surface area contributed by atoms with Crippen molar-refractivity contribution in [3.63, 3.8) is 0 Å². The van der Waals surface area contributed by atoms with E-state index in [2.05, 4.69) is 4.98 Å². The number of rotatable bonds is 2. The summed E-state index contributed by atoms with van der Waals surface area (Å²) in [6.45, 7) is 1.09. The first-order chi connectivity index (χ1) is 7.75. The molecule has 1 aliphatic heterocycles. The minimum atomic E-state index is -0.845. The molecule has 0 bridgehead atoms. The van der Waals surface area contributed by atoms with Crippen LogP contribution < -0.4 is 4.74 Å². The van der Waals surface area contributed by atoms with Crippen LogP contribution in [-0.2, 0) is 0 Å². The Morgan fingerprint density at radius 2 is 2.00 bits per heavy atom. The van der Waals surface area contributed by atoms with E-state index in [0.29, 0.717) is 13.1 Å². The summed E-state index contributed by atoms with van der Waals surface area (Å²) < 4.78 is 5.72. The molecule has 0 atom stereocenters. The van der Waals surface area contributed by atoms with Gasteiger partial charge in [0, 0.05) is 38.3 Å². The molecule has 0 aliphatic carbocycles. The van der Waals surface area contributed by atoms with E-state index in [1.807, 2.05) is 12.1 Å². The molecule has 1 saturated heterocycles. The second-order valence-electron chi connectivity index (χ2n) is 3.77. The second-order valence-corrected chi connectivity index (χ2v) is 3.77. The van der Waals surface area contributed by atoms with Crippen LogP contribution in [0.5, 0.6) is 5.75 Å². The summed E-state index contributed by atoms with van der Waals surface area (Å²) in [5.74, 6) is 0.795. The fourth-order valence-electron chi connectivity index (χ4n) is 1.77. The maximum absolute atomic E-state index is 10.7. The van der Waals surface area contributed by atoms with Gasteiger partial charge in [0.25, 0.3) is 0 Å². The van der Waals surface area contributed by atoms with Crippen LogP contribution in [0.25, 0.3) is 0 Å². The monoisotopic (exact) mass is 222 g/mol. The van der Waals surface area contributed by atoms with Crippen molar-refractivity contribution in [2.45, 2.75) is 18.9 Å². The smallest absolute Gasteiger partial charge is 0.407 e. The van der Waals surface area contributed by atoms with Crippen LogP contribution in [0.1, 0.15) is 12.8 Å². The van der Waals surface area contributed by atoms with Gasteiger partial charge < -0.3 is 14.7 Å². The number of amides is 1. The molecular formula is C11H14N2O3. The molecule has 1 amide bonds. The van der Waals surface area contributed by atoms with Gasteiger partial charge in [-0.3, -0.25) is 4.98 Å². The Labute approximate surface area is 93.7 Å². The Hall–Kier alpha value is -1.78. The van der Waals surface area contributed by atoms with Crippen molar-refractivity contribution < 1.29 is 14.6 Å². The maximum Gasteiger partial charge on any atom is 0.407 e. The highest BCUT2D eigenvalue weighted by molar-refractivity contribution is 5.65. The lowest BCUT2D eigenvalue weighted by Crippen LogP contribution is -2.41. The number of hydrogen-bond acceptors (Lipinski definition) is 3. The van der Waals surface area contributed by atoms with E-state index in [9.17, 15) is 4.79 Å². The number of hydrogen-bond donors (Lipinski definition) is 1. The SMILES string of the molecule is O=C(O)N1CCC(Oc2ccncc2)CC1. The van der Waals surface area contributed by atoms with Crippen molar-refractivity contribution in [2.75, 3.05) is 13.1 Å². The molecule has 0 saturated carbocycles. The van der Waals surface area contributed by atoms with Gasteiger partial charge in [0.15, 0.2) is 0 Å². The Bertz CT molecular complexity index is 348. The molecule has 1 aliphatic rings. The number of pyridine rings is 1. The lowest BCUT2D eigenvalue weighted by Gasteiger charge is -2.30. The number of likely N-dealkylation sites (tertiary alicyclic amines) is 1. The Morgan fingerprint density at radius 1 is 1.38 bits per heavy atom. The zero-order valence-electron chi connectivity index (χ0n) is 8.87. The quantitative estimate of drug-likeness (QED) is 0.825. The van der Waals surface area contributed by atoms with Crippen LogP contribution in [0.2, 0.25) is 0 Å². The molecule has 1 fully saturated rings. The minimum absolute atomic E-state index is 0.109. The normalized spacial score (nSPS) is 17.1. The topological polar surface area (TPSA) is 62.7 Å². The van der Waals surface area contributed by atoms with Crippen molar-refractivity contribution >= 4 is 6.09 Å². The van der Waals surface area contributed by atoms with Crippen LogP contribution in [0.3, 0.4) is 0 Å². The summed E-state index contributed by atoms with van der Waals surface area (Å²) in [5.41, 5.74) is 0. The molecule has 0 unspecified atom stereocenters. The Balaban J connectivity index is 1.84. The zero-order chi connectivity index (χ0) is 11.4. The molecule has 0 aromatic carbocycles. The molecule has 0 radical (unpaired) electrons. The summed E-state index contributed by atoms with van der Waals surface area (Å²) in [6, 6.07) is 3.62. The van der Waals surface area contributed by atoms with Gasteiger partial charge in [-0.1, -0.05) is 0 Å².